The van der Waals surface area contributed by atoms with Crippen LogP contribution in [0.5, 0.6) is 23.0 Å². The lowest BCUT2D eigenvalue weighted by atomic mass is 10.2. The van der Waals surface area contributed by atoms with Gasteiger partial charge in [0.1, 0.15) is 0 Å². The Morgan fingerprint density at radius 1 is 0.347 bits per heavy atom. The fraction of sp³-hybridized carbons (Fsp3) is 0.368. The average molecular weight is 675 g/mol. The van der Waals surface area contributed by atoms with Gasteiger partial charge < -0.3 is 54.4 Å². The van der Waals surface area contributed by atoms with E-state index >= 15 is 0 Å². The van der Waals surface area contributed by atoms with Gasteiger partial charge in [-0.3, -0.25) is 0 Å². The minimum atomic E-state index is 0.501. The maximum atomic E-state index is 6.24. The van der Waals surface area contributed by atoms with Crippen LogP contribution in [0.3, 0.4) is 0 Å². The van der Waals surface area contributed by atoms with Gasteiger partial charge in [-0.2, -0.15) is 0 Å². The molecule has 4 rings (SSSR count). The van der Waals surface area contributed by atoms with Crippen molar-refractivity contribution in [2.24, 2.45) is 0 Å². The van der Waals surface area contributed by atoms with Crippen LogP contribution < -0.4 is 30.7 Å². The van der Waals surface area contributed by atoms with Crippen LogP contribution in [-0.2, 0) is 23.7 Å². The molecule has 4 aromatic carbocycles. The smallest absolute Gasteiger partial charge is 0.150 e. The van der Waals surface area contributed by atoms with E-state index in [2.05, 4.69) is 21.3 Å². The molecule has 0 radical (unpaired) electrons. The molecule has 11 heteroatoms. The highest BCUT2D eigenvalue weighted by Crippen LogP contribution is 2.34. The van der Waals surface area contributed by atoms with Crippen LogP contribution in [0, 0.1) is 0 Å². The number of nitrogens with one attached hydrogen (secondary N) is 4. The number of hydrogen-bond donors (Lipinski definition) is 4. The maximum Gasteiger partial charge on any atom is 0.150 e. The average Bonchev–Trinajstić information content (AvgIpc) is 3.13. The summed E-state index contributed by atoms with van der Waals surface area (Å²) in [5.74, 6) is 2.99. The van der Waals surface area contributed by atoms with Crippen molar-refractivity contribution in [3.8, 4) is 23.0 Å². The first-order valence-electron chi connectivity index (χ1n) is 16.7. The van der Waals surface area contributed by atoms with E-state index in [4.69, 9.17) is 33.2 Å². The predicted octanol–water partition coefficient (Wildman–Crippen LogP) is 6.96. The second-order valence-electron chi connectivity index (χ2n) is 10.7. The van der Waals surface area contributed by atoms with Gasteiger partial charge in [0.25, 0.3) is 0 Å². The molecule has 0 heterocycles. The maximum absolute atomic E-state index is 6.24. The van der Waals surface area contributed by atoms with E-state index < -0.39 is 0 Å². The number of methoxy groups -OCH3 is 2. The Balaban J connectivity index is 1.05. The minimum Gasteiger partial charge on any atom is -0.453 e. The van der Waals surface area contributed by atoms with Gasteiger partial charge in [-0.05, 0) is 48.5 Å². The zero-order chi connectivity index (χ0) is 34.2. The van der Waals surface area contributed by atoms with Crippen molar-refractivity contribution in [1.82, 2.24) is 0 Å². The summed E-state index contributed by atoms with van der Waals surface area (Å²) in [7, 11) is 3.37. The SMILES string of the molecule is COCCNc1ccccc1Oc1ccccc1NCCOCCOCCOCCNc1ccccc1Oc1ccccc1NCCOC. The Morgan fingerprint density at radius 3 is 0.918 bits per heavy atom. The van der Waals surface area contributed by atoms with Crippen molar-refractivity contribution in [3.63, 3.8) is 0 Å². The number of rotatable bonds is 26. The molecule has 0 amide bonds. The van der Waals surface area contributed by atoms with Gasteiger partial charge in [0, 0.05) is 40.4 Å². The molecule has 49 heavy (non-hydrogen) atoms. The zero-order valence-corrected chi connectivity index (χ0v) is 28.6. The lowest BCUT2D eigenvalue weighted by molar-refractivity contribution is 0.0183. The third kappa shape index (κ3) is 13.9. The standard InChI is InChI=1S/C38H50N4O7/c1-43-23-19-39-31-11-3-7-15-35(31)48-37-17-9-5-13-33(37)41-21-25-45-27-29-47-30-28-46-26-22-42-34-14-6-10-18-38(34)49-36-16-8-4-12-32(36)40-20-24-44-2/h3-18,39-42H,19-30H2,1-2H3. The molecule has 0 fully saturated rings. The van der Waals surface area contributed by atoms with Crippen molar-refractivity contribution in [2.75, 3.05) is 115 Å². The number of benzene rings is 4. The lowest BCUT2D eigenvalue weighted by Gasteiger charge is -2.16. The molecule has 0 saturated carbocycles. The first-order chi connectivity index (χ1) is 24.3. The number of para-hydroxylation sites is 8. The fourth-order valence-corrected chi connectivity index (χ4v) is 4.68. The molecule has 0 aliphatic rings. The molecule has 4 N–H and O–H groups in total. The molecule has 264 valence electrons. The van der Waals surface area contributed by atoms with Crippen LogP contribution >= 0.6 is 0 Å². The van der Waals surface area contributed by atoms with E-state index in [1.165, 1.54) is 0 Å². The normalized spacial score (nSPS) is 10.8. The van der Waals surface area contributed by atoms with Crippen molar-refractivity contribution >= 4 is 22.7 Å². The highest BCUT2D eigenvalue weighted by molar-refractivity contribution is 5.63. The molecule has 0 bridgehead atoms. The second-order valence-corrected chi connectivity index (χ2v) is 10.7. The van der Waals surface area contributed by atoms with Crippen LogP contribution in [0.1, 0.15) is 0 Å². The van der Waals surface area contributed by atoms with Crippen LogP contribution in [0.25, 0.3) is 0 Å². The van der Waals surface area contributed by atoms with Gasteiger partial charge in [0.2, 0.25) is 0 Å². The Labute approximate surface area is 290 Å². The van der Waals surface area contributed by atoms with Gasteiger partial charge in [-0.15, -0.1) is 0 Å². The summed E-state index contributed by atoms with van der Waals surface area (Å²) < 4.78 is 39.9. The Hall–Kier alpha value is -4.52. The molecule has 0 unspecified atom stereocenters. The first kappa shape index (κ1) is 37.3. The molecule has 0 atom stereocenters. The highest BCUT2D eigenvalue weighted by Gasteiger charge is 2.09. The predicted molar refractivity (Wildman–Crippen MR) is 196 cm³/mol. The third-order valence-electron chi connectivity index (χ3n) is 7.10. The molecule has 0 aromatic heterocycles. The molecule has 0 saturated heterocycles. The van der Waals surface area contributed by atoms with Gasteiger partial charge in [0.15, 0.2) is 23.0 Å². The van der Waals surface area contributed by atoms with Crippen LogP contribution in [0.2, 0.25) is 0 Å². The minimum absolute atomic E-state index is 0.501. The number of ether oxygens (including phenoxy) is 7. The topological polar surface area (TPSA) is 113 Å². The summed E-state index contributed by atoms with van der Waals surface area (Å²) in [4.78, 5) is 0. The lowest BCUT2D eigenvalue weighted by Crippen LogP contribution is -2.15. The van der Waals surface area contributed by atoms with Gasteiger partial charge >= 0.3 is 0 Å². The van der Waals surface area contributed by atoms with E-state index in [-0.39, 0.29) is 0 Å². The summed E-state index contributed by atoms with van der Waals surface area (Å²) in [5.41, 5.74) is 3.62. The molecule has 0 aliphatic carbocycles. The quantitative estimate of drug-likeness (QED) is 0.0519. The molecular weight excluding hydrogens is 624 g/mol. The third-order valence-corrected chi connectivity index (χ3v) is 7.10. The van der Waals surface area contributed by atoms with Crippen LogP contribution in [-0.4, -0.2) is 93.3 Å². The van der Waals surface area contributed by atoms with Crippen LogP contribution in [0.15, 0.2) is 97.1 Å². The van der Waals surface area contributed by atoms with Crippen LogP contribution in [0.4, 0.5) is 22.7 Å². The first-order valence-corrected chi connectivity index (χ1v) is 16.7. The second kappa shape index (κ2) is 22.9. The highest BCUT2D eigenvalue weighted by atomic mass is 16.5. The van der Waals surface area contributed by atoms with Gasteiger partial charge in [-0.25, -0.2) is 0 Å². The van der Waals surface area contributed by atoms with E-state index in [0.717, 1.165) is 45.7 Å². The van der Waals surface area contributed by atoms with E-state index in [0.29, 0.717) is 79.0 Å². The van der Waals surface area contributed by atoms with Crippen molar-refractivity contribution in [2.45, 2.75) is 0 Å². The molecule has 11 nitrogen and oxygen atoms in total. The molecule has 0 aliphatic heterocycles. The molecule has 4 aromatic rings. The van der Waals surface area contributed by atoms with Crippen molar-refractivity contribution < 1.29 is 33.2 Å². The summed E-state index contributed by atoms with van der Waals surface area (Å²) in [5, 5.41) is 13.5. The zero-order valence-electron chi connectivity index (χ0n) is 28.6. The van der Waals surface area contributed by atoms with E-state index in [1.807, 2.05) is 97.1 Å². The Kier molecular flexibility index (Phi) is 17.5. The summed E-state index contributed by atoms with van der Waals surface area (Å²) in [6.45, 7) is 6.97. The Bertz CT molecular complexity index is 1370. The van der Waals surface area contributed by atoms with E-state index in [9.17, 15) is 0 Å². The summed E-state index contributed by atoms with van der Waals surface area (Å²) >= 11 is 0. The fourth-order valence-electron chi connectivity index (χ4n) is 4.68. The molecule has 0 spiro atoms. The van der Waals surface area contributed by atoms with Gasteiger partial charge in [-0.1, -0.05) is 48.5 Å². The summed E-state index contributed by atoms with van der Waals surface area (Å²) in [6.07, 6.45) is 0. The van der Waals surface area contributed by atoms with Crippen molar-refractivity contribution in [3.05, 3.63) is 97.1 Å². The van der Waals surface area contributed by atoms with Gasteiger partial charge in [0.05, 0.1) is 75.6 Å². The number of anilines is 4. The summed E-state index contributed by atoms with van der Waals surface area (Å²) in [6, 6.07) is 31.5. The largest absolute Gasteiger partial charge is 0.453 e. The number of hydrogen-bond acceptors (Lipinski definition) is 11. The monoisotopic (exact) mass is 674 g/mol. The Morgan fingerprint density at radius 2 is 0.612 bits per heavy atom. The van der Waals surface area contributed by atoms with Crippen molar-refractivity contribution in [1.29, 1.82) is 0 Å². The van der Waals surface area contributed by atoms with E-state index in [1.54, 1.807) is 14.2 Å². The molecular formula is C38H50N4O7.